The normalized spacial score (nSPS) is 11.7. The summed E-state index contributed by atoms with van der Waals surface area (Å²) in [5.74, 6) is 0.772. The molecule has 2 heterocycles. The Morgan fingerprint density at radius 3 is 2.44 bits per heavy atom. The molecular weight excluding hydrogens is 289 g/mol. The highest BCUT2D eigenvalue weighted by Crippen LogP contribution is 2.37. The third-order valence-electron chi connectivity index (χ3n) is 2.54. The molecule has 0 N–H and O–H groups in total. The molecule has 5 heteroatoms. The topological polar surface area (TPSA) is 30.7 Å². The molecule has 0 aromatic carbocycles. The number of aryl methyl sites for hydroxylation is 2. The maximum Gasteiger partial charge on any atom is 0.146 e. The van der Waals surface area contributed by atoms with Crippen LogP contribution in [0.4, 0.5) is 0 Å². The van der Waals surface area contributed by atoms with Crippen LogP contribution in [-0.2, 0) is 0 Å². The summed E-state index contributed by atoms with van der Waals surface area (Å²) in [6, 6.07) is 0.273. The molecule has 0 aliphatic heterocycles. The summed E-state index contributed by atoms with van der Waals surface area (Å²) in [4.78, 5) is 8.84. The van der Waals surface area contributed by atoms with Crippen LogP contribution in [0.3, 0.4) is 0 Å². The number of rotatable bonds is 1. The van der Waals surface area contributed by atoms with Crippen molar-refractivity contribution in [1.29, 1.82) is 0 Å². The molecule has 0 amide bonds. The Morgan fingerprint density at radius 2 is 1.88 bits per heavy atom. The summed E-state index contributed by atoms with van der Waals surface area (Å²) < 4.78 is 2.90. The molecule has 0 fully saturated rings. The number of halogens is 2. The van der Waals surface area contributed by atoms with Crippen LogP contribution < -0.4 is 0 Å². The van der Waals surface area contributed by atoms with E-state index in [1.54, 1.807) is 0 Å². The third kappa shape index (κ3) is 1.64. The zero-order valence-corrected chi connectivity index (χ0v) is 12.0. The Bertz CT molecular complexity index is 560. The van der Waals surface area contributed by atoms with E-state index in [0.29, 0.717) is 5.15 Å². The van der Waals surface area contributed by atoms with Crippen LogP contribution in [0.15, 0.2) is 4.47 Å². The smallest absolute Gasteiger partial charge is 0.146 e. The minimum absolute atomic E-state index is 0.273. The van der Waals surface area contributed by atoms with Gasteiger partial charge in [0.15, 0.2) is 0 Å². The molecule has 16 heavy (non-hydrogen) atoms. The second kappa shape index (κ2) is 4.00. The molecule has 86 valence electrons. The highest BCUT2D eigenvalue weighted by atomic mass is 79.9. The summed E-state index contributed by atoms with van der Waals surface area (Å²) >= 11 is 9.82. The molecular formula is C11H13BrClN3. The predicted octanol–water partition coefficient (Wildman–Crippen LogP) is 4.04. The van der Waals surface area contributed by atoms with Crippen molar-refractivity contribution in [2.75, 3.05) is 0 Å². The molecule has 0 atom stereocenters. The fraction of sp³-hybridized carbons (Fsp3) is 0.455. The fourth-order valence-corrected chi connectivity index (χ4v) is 2.92. The number of aromatic nitrogens is 3. The highest BCUT2D eigenvalue weighted by Gasteiger charge is 2.19. The van der Waals surface area contributed by atoms with Gasteiger partial charge in [0, 0.05) is 6.04 Å². The van der Waals surface area contributed by atoms with E-state index in [-0.39, 0.29) is 6.04 Å². The van der Waals surface area contributed by atoms with Gasteiger partial charge in [0.1, 0.15) is 16.6 Å². The van der Waals surface area contributed by atoms with Crippen molar-refractivity contribution in [1.82, 2.24) is 14.5 Å². The predicted molar refractivity (Wildman–Crippen MR) is 70.1 cm³/mol. The van der Waals surface area contributed by atoms with Gasteiger partial charge in [-0.3, -0.25) is 0 Å². The fourth-order valence-electron chi connectivity index (χ4n) is 1.90. The van der Waals surface area contributed by atoms with Crippen molar-refractivity contribution in [2.24, 2.45) is 0 Å². The van der Waals surface area contributed by atoms with Crippen LogP contribution >= 0.6 is 27.5 Å². The van der Waals surface area contributed by atoms with Gasteiger partial charge in [0.05, 0.1) is 15.6 Å². The van der Waals surface area contributed by atoms with E-state index in [0.717, 1.165) is 27.0 Å². The summed E-state index contributed by atoms with van der Waals surface area (Å²) in [5, 5.41) is 1.69. The molecule has 0 spiro atoms. The molecule has 2 aromatic heterocycles. The largest absolute Gasteiger partial charge is 0.313 e. The molecule has 0 aliphatic rings. The Morgan fingerprint density at radius 1 is 1.25 bits per heavy atom. The van der Waals surface area contributed by atoms with Gasteiger partial charge in [-0.05, 0) is 43.6 Å². The Hall–Kier alpha value is -0.610. The first kappa shape index (κ1) is 11.9. The van der Waals surface area contributed by atoms with E-state index in [1.807, 2.05) is 18.4 Å². The second-order valence-corrected chi connectivity index (χ2v) is 5.27. The second-order valence-electron chi connectivity index (χ2n) is 4.12. The van der Waals surface area contributed by atoms with Crippen molar-refractivity contribution in [3.8, 4) is 0 Å². The monoisotopic (exact) mass is 301 g/mol. The average Bonchev–Trinajstić information content (AvgIpc) is 2.38. The third-order valence-corrected chi connectivity index (χ3v) is 3.91. The number of hydrogen-bond acceptors (Lipinski definition) is 2. The van der Waals surface area contributed by atoms with Gasteiger partial charge in [-0.2, -0.15) is 0 Å². The van der Waals surface area contributed by atoms with E-state index >= 15 is 0 Å². The maximum atomic E-state index is 6.30. The van der Waals surface area contributed by atoms with E-state index in [4.69, 9.17) is 11.6 Å². The number of nitrogens with zero attached hydrogens (tertiary/aromatic N) is 3. The lowest BCUT2D eigenvalue weighted by atomic mass is 10.3. The van der Waals surface area contributed by atoms with Crippen molar-refractivity contribution < 1.29 is 0 Å². The van der Waals surface area contributed by atoms with Gasteiger partial charge in [-0.15, -0.1) is 0 Å². The Balaban J connectivity index is 2.96. The molecule has 0 radical (unpaired) electrons. The molecule has 2 rings (SSSR count). The lowest BCUT2D eigenvalue weighted by Gasteiger charge is -2.10. The van der Waals surface area contributed by atoms with Crippen LogP contribution in [0.5, 0.6) is 0 Å². The van der Waals surface area contributed by atoms with E-state index in [1.165, 1.54) is 0 Å². The van der Waals surface area contributed by atoms with E-state index < -0.39 is 0 Å². The minimum atomic E-state index is 0.273. The molecule has 3 nitrogen and oxygen atoms in total. The van der Waals surface area contributed by atoms with Crippen LogP contribution in [0, 0.1) is 13.8 Å². The molecule has 0 unspecified atom stereocenters. The summed E-state index contributed by atoms with van der Waals surface area (Å²) in [7, 11) is 0. The van der Waals surface area contributed by atoms with Gasteiger partial charge in [-0.1, -0.05) is 11.6 Å². The molecule has 2 aromatic rings. The average molecular weight is 303 g/mol. The zero-order valence-electron chi connectivity index (χ0n) is 9.67. The van der Waals surface area contributed by atoms with Crippen molar-refractivity contribution in [3.05, 3.63) is 21.1 Å². The van der Waals surface area contributed by atoms with Crippen LogP contribution in [0.1, 0.15) is 31.4 Å². The quantitative estimate of drug-likeness (QED) is 0.796. The van der Waals surface area contributed by atoms with Gasteiger partial charge in [-0.25, -0.2) is 9.97 Å². The van der Waals surface area contributed by atoms with Gasteiger partial charge >= 0.3 is 0 Å². The molecule has 0 saturated heterocycles. The number of fused-ring (bicyclic) bond motifs is 1. The minimum Gasteiger partial charge on any atom is -0.313 e. The first-order chi connectivity index (χ1) is 7.43. The summed E-state index contributed by atoms with van der Waals surface area (Å²) in [6.07, 6.45) is 0. The highest BCUT2D eigenvalue weighted by molar-refractivity contribution is 9.10. The number of hydrogen-bond donors (Lipinski definition) is 0. The standard InChI is InChI=1S/C11H13BrClN3/c1-5(2)16-10(13)9(12)8-6(3)14-7(4)15-11(8)16/h5H,1-4H3. The van der Waals surface area contributed by atoms with Crippen molar-refractivity contribution in [3.63, 3.8) is 0 Å². The van der Waals surface area contributed by atoms with Crippen LogP contribution in [0.25, 0.3) is 11.0 Å². The van der Waals surface area contributed by atoms with E-state index in [9.17, 15) is 0 Å². The van der Waals surface area contributed by atoms with Gasteiger partial charge in [0.2, 0.25) is 0 Å². The van der Waals surface area contributed by atoms with Crippen molar-refractivity contribution in [2.45, 2.75) is 33.7 Å². The Kier molecular flexibility index (Phi) is 2.97. The summed E-state index contributed by atoms with van der Waals surface area (Å²) in [6.45, 7) is 8.05. The van der Waals surface area contributed by atoms with Gasteiger partial charge < -0.3 is 4.57 Å². The maximum absolute atomic E-state index is 6.30. The molecule has 0 aliphatic carbocycles. The first-order valence-corrected chi connectivity index (χ1v) is 6.30. The van der Waals surface area contributed by atoms with Crippen LogP contribution in [-0.4, -0.2) is 14.5 Å². The van der Waals surface area contributed by atoms with Crippen molar-refractivity contribution >= 4 is 38.6 Å². The van der Waals surface area contributed by atoms with E-state index in [2.05, 4.69) is 39.7 Å². The lowest BCUT2D eigenvalue weighted by Crippen LogP contribution is -2.03. The SMILES string of the molecule is Cc1nc(C)c2c(Br)c(Cl)n(C(C)C)c2n1. The van der Waals surface area contributed by atoms with Gasteiger partial charge in [0.25, 0.3) is 0 Å². The first-order valence-electron chi connectivity index (χ1n) is 5.13. The van der Waals surface area contributed by atoms with Crippen LogP contribution in [0.2, 0.25) is 5.15 Å². The molecule has 0 saturated carbocycles. The molecule has 0 bridgehead atoms. The summed E-state index contributed by atoms with van der Waals surface area (Å²) in [5.41, 5.74) is 1.85. The Labute approximate surface area is 108 Å². The lowest BCUT2D eigenvalue weighted by molar-refractivity contribution is 0.617. The zero-order chi connectivity index (χ0) is 12.0.